The number of nitrogens with one attached hydrogen (secondary N) is 1. The van der Waals surface area contributed by atoms with E-state index < -0.39 is 10.0 Å². The Balaban J connectivity index is 1.17. The highest BCUT2D eigenvalue weighted by atomic mass is 32.2. The lowest BCUT2D eigenvalue weighted by Gasteiger charge is -2.30. The van der Waals surface area contributed by atoms with Crippen molar-refractivity contribution in [1.29, 1.82) is 0 Å². The first-order valence-corrected chi connectivity index (χ1v) is 16.1. The van der Waals surface area contributed by atoms with Gasteiger partial charge >= 0.3 is 0 Å². The van der Waals surface area contributed by atoms with Crippen LogP contribution in [0, 0.1) is 5.92 Å². The van der Waals surface area contributed by atoms with E-state index in [0.717, 1.165) is 24.8 Å². The number of nitrogens with zero attached hydrogens (tertiary/aromatic N) is 4. The summed E-state index contributed by atoms with van der Waals surface area (Å²) in [7, 11) is -2.13. The third-order valence-corrected chi connectivity index (χ3v) is 10.1. The summed E-state index contributed by atoms with van der Waals surface area (Å²) >= 11 is 0. The normalized spacial score (nSPS) is 17.7. The Bertz CT molecular complexity index is 1480. The van der Waals surface area contributed by atoms with Crippen LogP contribution >= 0.6 is 0 Å². The van der Waals surface area contributed by atoms with Crippen molar-refractivity contribution in [3.05, 3.63) is 53.9 Å². The molecule has 11 heteroatoms. The quantitative estimate of drug-likeness (QED) is 0.384. The number of amides is 1. The fourth-order valence-electron chi connectivity index (χ4n) is 5.53. The van der Waals surface area contributed by atoms with Gasteiger partial charge in [-0.05, 0) is 68.0 Å². The maximum Gasteiger partial charge on any atom is 0.243 e. The number of hydrogen-bond donors (Lipinski definition) is 1. The Hall–Kier alpha value is -3.28. The number of carbonyl (C=O) groups is 1. The summed E-state index contributed by atoms with van der Waals surface area (Å²) in [6, 6.07) is 12.9. The molecule has 2 aromatic carbocycles. The number of rotatable bonds is 8. The largest absolute Gasteiger partial charge is 0.495 e. The van der Waals surface area contributed by atoms with Crippen molar-refractivity contribution < 1.29 is 22.5 Å². The Labute approximate surface area is 248 Å². The number of piperidine rings is 2. The van der Waals surface area contributed by atoms with Crippen LogP contribution in [0.5, 0.6) is 5.75 Å². The van der Waals surface area contributed by atoms with E-state index >= 15 is 0 Å². The van der Waals surface area contributed by atoms with Gasteiger partial charge in [-0.25, -0.2) is 8.42 Å². The second-order valence-corrected chi connectivity index (χ2v) is 14.1. The molecule has 3 heterocycles. The highest BCUT2D eigenvalue weighted by molar-refractivity contribution is 7.89. The summed E-state index contributed by atoms with van der Waals surface area (Å²) in [4.78, 5) is 20.2. The Kier molecular flexibility index (Phi) is 9.00. The van der Waals surface area contributed by atoms with Gasteiger partial charge in [0.15, 0.2) is 0 Å². The molecular weight excluding hydrogens is 554 g/mol. The summed E-state index contributed by atoms with van der Waals surface area (Å²) in [5.41, 5.74) is 2.61. The second kappa shape index (κ2) is 12.5. The first-order chi connectivity index (χ1) is 20.0. The number of methoxy groups -OCH3 is 1. The number of sulfonamides is 1. The van der Waals surface area contributed by atoms with Crippen LogP contribution in [0.3, 0.4) is 0 Å². The van der Waals surface area contributed by atoms with Gasteiger partial charge in [0, 0.05) is 24.6 Å². The molecule has 0 saturated carbocycles. The van der Waals surface area contributed by atoms with Gasteiger partial charge in [0.2, 0.25) is 27.6 Å². The smallest absolute Gasteiger partial charge is 0.243 e. The maximum atomic E-state index is 13.2. The standard InChI is InChI=1S/C31H41N5O5S/c1-31(2,3)24-10-8-22(9-11-24)29-33-28(41-34-29)21-35-18-14-23(15-19-35)30(37)32-26-20-25(12-13-27(26)40-4)42(38,39)36-16-6-5-7-17-36/h8-13,20,23H,5-7,14-19,21H2,1-4H3,(H,32,37). The van der Waals surface area contributed by atoms with Crippen molar-refractivity contribution in [2.45, 2.75) is 69.7 Å². The molecule has 0 aliphatic carbocycles. The molecule has 42 heavy (non-hydrogen) atoms. The van der Waals surface area contributed by atoms with Crippen molar-refractivity contribution in [1.82, 2.24) is 19.3 Å². The lowest BCUT2D eigenvalue weighted by atomic mass is 9.87. The fraction of sp³-hybridized carbons (Fsp3) is 0.516. The van der Waals surface area contributed by atoms with E-state index in [1.165, 1.54) is 23.0 Å². The van der Waals surface area contributed by atoms with Crippen LogP contribution in [0.15, 0.2) is 51.9 Å². The Morgan fingerprint density at radius 1 is 1.02 bits per heavy atom. The van der Waals surface area contributed by atoms with E-state index in [1.54, 1.807) is 12.1 Å². The molecule has 0 radical (unpaired) electrons. The minimum atomic E-state index is -3.63. The third kappa shape index (κ3) is 6.85. The minimum absolute atomic E-state index is 0.0770. The number of benzene rings is 2. The molecule has 2 aliphatic rings. The predicted molar refractivity (Wildman–Crippen MR) is 161 cm³/mol. The molecule has 0 bridgehead atoms. The van der Waals surface area contributed by atoms with Gasteiger partial charge in [0.05, 0.1) is 24.2 Å². The summed E-state index contributed by atoms with van der Waals surface area (Å²) in [6.45, 7) is 9.51. The molecule has 5 rings (SSSR count). The van der Waals surface area contributed by atoms with Crippen LogP contribution in [0.1, 0.15) is 64.3 Å². The van der Waals surface area contributed by atoms with E-state index in [4.69, 9.17) is 9.26 Å². The molecule has 10 nitrogen and oxygen atoms in total. The average Bonchev–Trinajstić information content (AvgIpc) is 3.46. The van der Waals surface area contributed by atoms with Crippen LogP contribution in [0.2, 0.25) is 0 Å². The first-order valence-electron chi connectivity index (χ1n) is 14.7. The summed E-state index contributed by atoms with van der Waals surface area (Å²) in [6.07, 6.45) is 4.08. The van der Waals surface area contributed by atoms with E-state index in [0.29, 0.717) is 68.7 Å². The van der Waals surface area contributed by atoms with Crippen LogP contribution in [-0.2, 0) is 26.8 Å². The van der Waals surface area contributed by atoms with Crippen molar-refractivity contribution >= 4 is 21.6 Å². The number of likely N-dealkylation sites (tertiary alicyclic amines) is 1. The Morgan fingerprint density at radius 3 is 2.36 bits per heavy atom. The van der Waals surface area contributed by atoms with Gasteiger partial charge in [-0.3, -0.25) is 9.69 Å². The molecular formula is C31H41N5O5S. The van der Waals surface area contributed by atoms with Crippen LogP contribution in [-0.4, -0.2) is 67.0 Å². The molecule has 0 spiro atoms. The molecule has 226 valence electrons. The van der Waals surface area contributed by atoms with Gasteiger partial charge in [-0.2, -0.15) is 9.29 Å². The first kappa shape index (κ1) is 30.2. The van der Waals surface area contributed by atoms with Crippen LogP contribution in [0.4, 0.5) is 5.69 Å². The van der Waals surface area contributed by atoms with Crippen LogP contribution < -0.4 is 10.1 Å². The lowest BCUT2D eigenvalue weighted by Crippen LogP contribution is -2.38. The van der Waals surface area contributed by atoms with E-state index in [2.05, 4.69) is 53.3 Å². The molecule has 0 unspecified atom stereocenters. The Morgan fingerprint density at radius 2 is 1.71 bits per heavy atom. The van der Waals surface area contributed by atoms with Crippen molar-refractivity contribution in [3.63, 3.8) is 0 Å². The van der Waals surface area contributed by atoms with E-state index in [9.17, 15) is 13.2 Å². The minimum Gasteiger partial charge on any atom is -0.495 e. The molecule has 1 amide bonds. The zero-order valence-corrected chi connectivity index (χ0v) is 25.7. The van der Waals surface area contributed by atoms with Gasteiger partial charge in [-0.15, -0.1) is 0 Å². The van der Waals surface area contributed by atoms with Gasteiger partial charge < -0.3 is 14.6 Å². The third-order valence-electron chi connectivity index (χ3n) is 8.18. The molecule has 2 fully saturated rings. The summed E-state index contributed by atoms with van der Waals surface area (Å²) < 4.78 is 38.9. The van der Waals surface area contributed by atoms with Crippen LogP contribution in [0.25, 0.3) is 11.4 Å². The second-order valence-electron chi connectivity index (χ2n) is 12.2. The predicted octanol–water partition coefficient (Wildman–Crippen LogP) is 5.07. The highest BCUT2D eigenvalue weighted by Gasteiger charge is 2.29. The zero-order chi connectivity index (χ0) is 29.9. The SMILES string of the molecule is COc1ccc(S(=O)(=O)N2CCCCC2)cc1NC(=O)C1CCN(Cc2nc(-c3ccc(C(C)(C)C)cc3)no2)CC1. The zero-order valence-electron chi connectivity index (χ0n) is 24.9. The van der Waals surface area contributed by atoms with Gasteiger partial charge in [-0.1, -0.05) is 56.6 Å². The lowest BCUT2D eigenvalue weighted by molar-refractivity contribution is -0.121. The number of hydrogen-bond acceptors (Lipinski definition) is 8. The van der Waals surface area contributed by atoms with E-state index in [1.807, 2.05) is 12.1 Å². The fourth-order valence-corrected chi connectivity index (χ4v) is 7.08. The van der Waals surface area contributed by atoms with Crippen molar-refractivity contribution in [2.75, 3.05) is 38.6 Å². The topological polar surface area (TPSA) is 118 Å². The summed E-state index contributed by atoms with van der Waals surface area (Å²) in [5.74, 6) is 1.20. The summed E-state index contributed by atoms with van der Waals surface area (Å²) in [5, 5.41) is 7.11. The molecule has 1 N–H and O–H groups in total. The van der Waals surface area contributed by atoms with E-state index in [-0.39, 0.29) is 22.1 Å². The molecule has 1 aromatic heterocycles. The van der Waals surface area contributed by atoms with Crippen molar-refractivity contribution in [3.8, 4) is 17.1 Å². The van der Waals surface area contributed by atoms with Gasteiger partial charge in [0.25, 0.3) is 0 Å². The molecule has 0 atom stereocenters. The van der Waals surface area contributed by atoms with Gasteiger partial charge in [0.1, 0.15) is 5.75 Å². The maximum absolute atomic E-state index is 13.2. The number of aromatic nitrogens is 2. The van der Waals surface area contributed by atoms with Crippen molar-refractivity contribution in [2.24, 2.45) is 5.92 Å². The molecule has 3 aromatic rings. The molecule has 2 saturated heterocycles. The monoisotopic (exact) mass is 595 g/mol. The number of ether oxygens (including phenoxy) is 1. The molecule has 2 aliphatic heterocycles. The average molecular weight is 596 g/mol. The number of anilines is 1. The highest BCUT2D eigenvalue weighted by Crippen LogP contribution is 2.31. The number of carbonyl (C=O) groups excluding carboxylic acids is 1.